The summed E-state index contributed by atoms with van der Waals surface area (Å²) < 4.78 is 23.1. The monoisotopic (exact) mass is 378 g/mol. The Morgan fingerprint density at radius 2 is 1.65 bits per heavy atom. The second kappa shape index (κ2) is 9.40. The van der Waals surface area contributed by atoms with E-state index in [1.165, 1.54) is 0 Å². The summed E-state index contributed by atoms with van der Waals surface area (Å²) >= 11 is 0. The molecule has 4 nitrogen and oxygen atoms in total. The summed E-state index contributed by atoms with van der Waals surface area (Å²) in [5.74, 6) is 1.34. The van der Waals surface area contributed by atoms with Crippen molar-refractivity contribution >= 4 is 8.32 Å². The lowest BCUT2D eigenvalue weighted by Gasteiger charge is -2.37. The van der Waals surface area contributed by atoms with Gasteiger partial charge in [-0.25, -0.2) is 0 Å². The summed E-state index contributed by atoms with van der Waals surface area (Å²) in [4.78, 5) is 0. The standard InChI is InChI=1S/C21H34O4Si/c1-10-17(15-24-26(8,9)21(3,4)5)25-18(11-2)16-12-13-19(22-6)20(14-16)23-7/h10-14,17-18H,1-2,15H2,3-9H3/t17-,18+/m1/s1. The lowest BCUT2D eigenvalue weighted by Crippen LogP contribution is -2.42. The van der Waals surface area contributed by atoms with Gasteiger partial charge in [0, 0.05) is 0 Å². The van der Waals surface area contributed by atoms with Crippen LogP contribution in [-0.2, 0) is 9.16 Å². The molecule has 0 bridgehead atoms. The summed E-state index contributed by atoms with van der Waals surface area (Å²) in [6, 6.07) is 5.71. The molecule has 0 aromatic heterocycles. The Morgan fingerprint density at radius 3 is 2.12 bits per heavy atom. The molecule has 0 aliphatic carbocycles. The van der Waals surface area contributed by atoms with Gasteiger partial charge >= 0.3 is 0 Å². The van der Waals surface area contributed by atoms with Gasteiger partial charge in [-0.1, -0.05) is 39.0 Å². The molecule has 0 radical (unpaired) electrons. The maximum Gasteiger partial charge on any atom is 0.192 e. The van der Waals surface area contributed by atoms with Crippen LogP contribution in [0, 0.1) is 0 Å². The minimum atomic E-state index is -1.84. The van der Waals surface area contributed by atoms with Crippen LogP contribution < -0.4 is 9.47 Å². The smallest absolute Gasteiger partial charge is 0.192 e. The summed E-state index contributed by atoms with van der Waals surface area (Å²) in [5.41, 5.74) is 0.942. The molecule has 0 fully saturated rings. The second-order valence-electron chi connectivity index (χ2n) is 7.75. The molecule has 1 aromatic rings. The molecular weight excluding hydrogens is 344 g/mol. The van der Waals surface area contributed by atoms with E-state index in [0.29, 0.717) is 18.1 Å². The van der Waals surface area contributed by atoms with Crippen molar-refractivity contribution in [3.8, 4) is 11.5 Å². The molecule has 0 aliphatic heterocycles. The molecule has 146 valence electrons. The highest BCUT2D eigenvalue weighted by Gasteiger charge is 2.37. The average molecular weight is 379 g/mol. The first kappa shape index (κ1) is 22.5. The van der Waals surface area contributed by atoms with E-state index in [-0.39, 0.29) is 17.2 Å². The third-order valence-corrected chi connectivity index (χ3v) is 9.45. The minimum Gasteiger partial charge on any atom is -0.493 e. The van der Waals surface area contributed by atoms with E-state index in [2.05, 4.69) is 47.0 Å². The van der Waals surface area contributed by atoms with Crippen LogP contribution in [-0.4, -0.2) is 35.2 Å². The van der Waals surface area contributed by atoms with E-state index in [0.717, 1.165) is 5.56 Å². The molecule has 0 saturated heterocycles. The predicted molar refractivity (Wildman–Crippen MR) is 111 cm³/mol. The molecule has 2 atom stereocenters. The quantitative estimate of drug-likeness (QED) is 0.396. The van der Waals surface area contributed by atoms with E-state index in [4.69, 9.17) is 18.6 Å². The number of methoxy groups -OCH3 is 2. The molecule has 0 unspecified atom stereocenters. The molecule has 0 saturated carbocycles. The maximum atomic E-state index is 6.27. The third kappa shape index (κ3) is 5.73. The Hall–Kier alpha value is -1.56. The number of rotatable bonds is 10. The zero-order valence-electron chi connectivity index (χ0n) is 17.3. The topological polar surface area (TPSA) is 36.9 Å². The van der Waals surface area contributed by atoms with E-state index in [1.807, 2.05) is 18.2 Å². The van der Waals surface area contributed by atoms with Crippen LogP contribution >= 0.6 is 0 Å². The molecular formula is C21H34O4Si. The molecule has 0 N–H and O–H groups in total. The molecule has 0 spiro atoms. The van der Waals surface area contributed by atoms with Gasteiger partial charge in [0.1, 0.15) is 6.10 Å². The van der Waals surface area contributed by atoms with Gasteiger partial charge in [-0.05, 0) is 35.8 Å². The molecule has 0 amide bonds. The van der Waals surface area contributed by atoms with Gasteiger partial charge in [0.05, 0.1) is 26.9 Å². The first-order valence-corrected chi connectivity index (χ1v) is 11.8. The lowest BCUT2D eigenvalue weighted by molar-refractivity contribution is 0.0110. The SMILES string of the molecule is C=C[C@H](CO[Si](C)(C)C(C)(C)C)O[C@@H](C=C)c1ccc(OC)c(OC)c1. The highest BCUT2D eigenvalue weighted by molar-refractivity contribution is 6.74. The number of ether oxygens (including phenoxy) is 3. The lowest BCUT2D eigenvalue weighted by atomic mass is 10.1. The zero-order valence-corrected chi connectivity index (χ0v) is 18.3. The van der Waals surface area contributed by atoms with Gasteiger partial charge in [0.2, 0.25) is 0 Å². The van der Waals surface area contributed by atoms with Gasteiger partial charge in [-0.3, -0.25) is 0 Å². The van der Waals surface area contributed by atoms with E-state index in [9.17, 15) is 0 Å². The summed E-state index contributed by atoms with van der Waals surface area (Å²) in [6.07, 6.45) is 3.04. The molecule has 1 rings (SSSR count). The fourth-order valence-electron chi connectivity index (χ4n) is 2.16. The van der Waals surface area contributed by atoms with E-state index >= 15 is 0 Å². The van der Waals surface area contributed by atoms with Crippen molar-refractivity contribution in [2.24, 2.45) is 0 Å². The maximum absolute atomic E-state index is 6.27. The van der Waals surface area contributed by atoms with Crippen LogP contribution in [0.25, 0.3) is 0 Å². The van der Waals surface area contributed by atoms with Crippen LogP contribution in [0.3, 0.4) is 0 Å². The van der Waals surface area contributed by atoms with Crippen LogP contribution in [0.2, 0.25) is 18.1 Å². The molecule has 5 heteroatoms. The van der Waals surface area contributed by atoms with E-state index in [1.54, 1.807) is 26.4 Å². The van der Waals surface area contributed by atoms with E-state index < -0.39 is 8.32 Å². The highest BCUT2D eigenvalue weighted by atomic mass is 28.4. The van der Waals surface area contributed by atoms with Crippen molar-refractivity contribution in [1.82, 2.24) is 0 Å². The molecule has 1 aromatic carbocycles. The van der Waals surface area contributed by atoms with Crippen LogP contribution in [0.1, 0.15) is 32.4 Å². The number of benzene rings is 1. The fraction of sp³-hybridized carbons (Fsp3) is 0.524. The number of hydrogen-bond donors (Lipinski definition) is 0. The Labute approximate surface area is 159 Å². The summed E-state index contributed by atoms with van der Waals surface area (Å²) in [5, 5.41) is 0.153. The molecule has 0 heterocycles. The van der Waals surface area contributed by atoms with Gasteiger partial charge < -0.3 is 18.6 Å². The van der Waals surface area contributed by atoms with Gasteiger partial charge in [-0.2, -0.15) is 0 Å². The van der Waals surface area contributed by atoms with Crippen LogP contribution in [0.15, 0.2) is 43.5 Å². The van der Waals surface area contributed by atoms with Crippen molar-refractivity contribution in [2.75, 3.05) is 20.8 Å². The zero-order chi connectivity index (χ0) is 20.0. The normalized spacial score (nSPS) is 14.4. The largest absolute Gasteiger partial charge is 0.493 e. The second-order valence-corrected chi connectivity index (χ2v) is 12.6. The van der Waals surface area contributed by atoms with Crippen molar-refractivity contribution in [1.29, 1.82) is 0 Å². The Bertz CT molecular complexity index is 605. The number of hydrogen-bond acceptors (Lipinski definition) is 4. The Morgan fingerprint density at radius 1 is 1.04 bits per heavy atom. The minimum absolute atomic E-state index is 0.153. The van der Waals surface area contributed by atoms with Crippen molar-refractivity contribution in [3.05, 3.63) is 49.1 Å². The fourth-order valence-corrected chi connectivity index (χ4v) is 3.17. The first-order chi connectivity index (χ1) is 12.1. The third-order valence-electron chi connectivity index (χ3n) is 4.95. The Balaban J connectivity index is 2.88. The molecule has 26 heavy (non-hydrogen) atoms. The van der Waals surface area contributed by atoms with Crippen molar-refractivity contribution < 1.29 is 18.6 Å². The van der Waals surface area contributed by atoms with Crippen molar-refractivity contribution in [2.45, 2.75) is 51.1 Å². The summed E-state index contributed by atoms with van der Waals surface area (Å²) in [6.45, 7) is 19.4. The highest BCUT2D eigenvalue weighted by Crippen LogP contribution is 2.37. The average Bonchev–Trinajstić information content (AvgIpc) is 2.60. The first-order valence-electron chi connectivity index (χ1n) is 8.86. The van der Waals surface area contributed by atoms with Crippen molar-refractivity contribution in [3.63, 3.8) is 0 Å². The van der Waals surface area contributed by atoms with Gasteiger partial charge in [0.15, 0.2) is 19.8 Å². The molecule has 0 aliphatic rings. The predicted octanol–water partition coefficient (Wildman–Crippen LogP) is 5.52. The van der Waals surface area contributed by atoms with Crippen LogP contribution in [0.5, 0.6) is 11.5 Å². The van der Waals surface area contributed by atoms with Gasteiger partial charge in [0.25, 0.3) is 0 Å². The van der Waals surface area contributed by atoms with Crippen LogP contribution in [0.4, 0.5) is 0 Å². The van der Waals surface area contributed by atoms with Gasteiger partial charge in [-0.15, -0.1) is 13.2 Å². The summed E-state index contributed by atoms with van der Waals surface area (Å²) in [7, 11) is 1.39. The Kier molecular flexibility index (Phi) is 8.12.